The van der Waals surface area contributed by atoms with Crippen LogP contribution in [0, 0.1) is 0 Å². The smallest absolute Gasteiger partial charge is 0.151 e. The summed E-state index contributed by atoms with van der Waals surface area (Å²) in [5.41, 5.74) is 0. The molecule has 0 aliphatic carbocycles. The molecule has 0 spiro atoms. The lowest BCUT2D eigenvalue weighted by Gasteiger charge is -2.37. The van der Waals surface area contributed by atoms with Crippen molar-refractivity contribution >= 4 is 9.84 Å². The van der Waals surface area contributed by atoms with E-state index in [9.17, 15) is 8.42 Å². The minimum absolute atomic E-state index is 0.182. The van der Waals surface area contributed by atoms with Crippen LogP contribution in [0.1, 0.15) is 20.3 Å². The molecule has 0 radical (unpaired) electrons. The molecular formula is C13H27N3O2S. The van der Waals surface area contributed by atoms with Crippen molar-refractivity contribution in [3.63, 3.8) is 0 Å². The third kappa shape index (κ3) is 4.70. The largest absolute Gasteiger partial charge is 0.312 e. The van der Waals surface area contributed by atoms with Crippen LogP contribution >= 0.6 is 0 Å². The maximum atomic E-state index is 11.3. The molecule has 0 aromatic rings. The van der Waals surface area contributed by atoms with Gasteiger partial charge in [-0.1, -0.05) is 0 Å². The van der Waals surface area contributed by atoms with Crippen LogP contribution < -0.4 is 5.32 Å². The van der Waals surface area contributed by atoms with Crippen molar-refractivity contribution in [3.05, 3.63) is 0 Å². The van der Waals surface area contributed by atoms with Gasteiger partial charge >= 0.3 is 0 Å². The maximum absolute atomic E-state index is 11.3. The molecule has 0 aromatic carbocycles. The molecule has 1 unspecified atom stereocenters. The van der Waals surface area contributed by atoms with E-state index in [1.807, 2.05) is 0 Å². The number of nitrogens with zero attached hydrogens (tertiary/aromatic N) is 2. The molecular weight excluding hydrogens is 262 g/mol. The number of sulfone groups is 1. The van der Waals surface area contributed by atoms with E-state index in [0.29, 0.717) is 17.5 Å². The second-order valence-electron chi connectivity index (χ2n) is 6.03. The summed E-state index contributed by atoms with van der Waals surface area (Å²) in [7, 11) is -2.75. The van der Waals surface area contributed by atoms with Crippen LogP contribution in [0.3, 0.4) is 0 Å². The molecule has 19 heavy (non-hydrogen) atoms. The van der Waals surface area contributed by atoms with Crippen LogP contribution in [0.4, 0.5) is 0 Å². The first-order valence-corrected chi connectivity index (χ1v) is 9.18. The van der Waals surface area contributed by atoms with Crippen molar-refractivity contribution < 1.29 is 8.42 Å². The van der Waals surface area contributed by atoms with Crippen LogP contribution in [0.5, 0.6) is 0 Å². The highest BCUT2D eigenvalue weighted by Crippen LogP contribution is 2.11. The highest BCUT2D eigenvalue weighted by molar-refractivity contribution is 7.91. The molecule has 2 heterocycles. The first-order chi connectivity index (χ1) is 8.96. The van der Waals surface area contributed by atoms with E-state index in [2.05, 4.69) is 29.0 Å². The predicted molar refractivity (Wildman–Crippen MR) is 78.2 cm³/mol. The average Bonchev–Trinajstić information content (AvgIpc) is 2.69. The van der Waals surface area contributed by atoms with Gasteiger partial charge in [0.05, 0.1) is 11.5 Å². The Hall–Kier alpha value is -0.170. The van der Waals surface area contributed by atoms with E-state index in [0.717, 1.165) is 45.7 Å². The monoisotopic (exact) mass is 289 g/mol. The lowest BCUT2D eigenvalue weighted by molar-refractivity contribution is 0.109. The minimum Gasteiger partial charge on any atom is -0.312 e. The summed E-state index contributed by atoms with van der Waals surface area (Å²) in [5, 5.41) is 3.38. The first-order valence-electron chi connectivity index (χ1n) is 7.36. The zero-order valence-electron chi connectivity index (χ0n) is 12.1. The number of rotatable bonds is 5. The molecule has 1 N–H and O–H groups in total. The van der Waals surface area contributed by atoms with E-state index >= 15 is 0 Å². The normalized spacial score (nSPS) is 29.1. The Morgan fingerprint density at radius 2 is 1.89 bits per heavy atom. The van der Waals surface area contributed by atoms with Gasteiger partial charge in [0.1, 0.15) is 0 Å². The van der Waals surface area contributed by atoms with Gasteiger partial charge in [-0.15, -0.1) is 0 Å². The standard InChI is InChI=1S/C13H27N3O2S/c1-12(2)16-8-6-15(7-9-16)5-4-14-13-3-10-19(17,18)11-13/h12-14H,3-11H2,1-2H3. The quantitative estimate of drug-likeness (QED) is 0.759. The number of hydrogen-bond acceptors (Lipinski definition) is 5. The highest BCUT2D eigenvalue weighted by Gasteiger charge is 2.27. The molecule has 2 aliphatic rings. The summed E-state index contributed by atoms with van der Waals surface area (Å²) < 4.78 is 22.7. The minimum atomic E-state index is -2.75. The Bertz CT molecular complexity index is 375. The fraction of sp³-hybridized carbons (Fsp3) is 1.00. The van der Waals surface area contributed by atoms with E-state index in [4.69, 9.17) is 0 Å². The zero-order chi connectivity index (χ0) is 13.9. The molecule has 112 valence electrons. The highest BCUT2D eigenvalue weighted by atomic mass is 32.2. The Kier molecular flexibility index (Phi) is 5.22. The predicted octanol–water partition coefficient (Wildman–Crippen LogP) is -0.211. The summed E-state index contributed by atoms with van der Waals surface area (Å²) in [6.45, 7) is 11.0. The third-order valence-electron chi connectivity index (χ3n) is 4.23. The Labute approximate surface area is 117 Å². The molecule has 2 saturated heterocycles. The molecule has 0 saturated carbocycles. The third-order valence-corrected chi connectivity index (χ3v) is 6.00. The molecule has 0 bridgehead atoms. The van der Waals surface area contributed by atoms with E-state index in [1.165, 1.54) is 0 Å². The van der Waals surface area contributed by atoms with Crippen LogP contribution in [0.25, 0.3) is 0 Å². The van der Waals surface area contributed by atoms with Crippen molar-refractivity contribution in [3.8, 4) is 0 Å². The summed E-state index contributed by atoms with van der Waals surface area (Å²) in [5.74, 6) is 0.686. The van der Waals surface area contributed by atoms with Gasteiger partial charge in [-0.05, 0) is 20.3 Å². The molecule has 0 amide bonds. The second-order valence-corrected chi connectivity index (χ2v) is 8.25. The topological polar surface area (TPSA) is 52.6 Å². The molecule has 1 atom stereocenters. The van der Waals surface area contributed by atoms with Crippen molar-refractivity contribution in [1.29, 1.82) is 0 Å². The second kappa shape index (κ2) is 6.52. The molecule has 2 rings (SSSR count). The number of nitrogens with one attached hydrogen (secondary N) is 1. The molecule has 5 nitrogen and oxygen atoms in total. The van der Waals surface area contributed by atoms with Gasteiger partial charge in [0.2, 0.25) is 0 Å². The summed E-state index contributed by atoms with van der Waals surface area (Å²) >= 11 is 0. The van der Waals surface area contributed by atoms with Gasteiger partial charge in [-0.2, -0.15) is 0 Å². The van der Waals surface area contributed by atoms with Gasteiger partial charge in [0.25, 0.3) is 0 Å². The molecule has 6 heteroatoms. The van der Waals surface area contributed by atoms with Gasteiger partial charge in [0, 0.05) is 51.4 Å². The maximum Gasteiger partial charge on any atom is 0.151 e. The number of piperazine rings is 1. The Balaban J connectivity index is 1.60. The van der Waals surface area contributed by atoms with E-state index in [1.54, 1.807) is 0 Å². The number of hydrogen-bond donors (Lipinski definition) is 1. The molecule has 2 fully saturated rings. The van der Waals surface area contributed by atoms with Crippen LogP contribution in [-0.4, -0.2) is 81.1 Å². The Morgan fingerprint density at radius 1 is 1.21 bits per heavy atom. The summed E-state index contributed by atoms with van der Waals surface area (Å²) in [6.07, 6.45) is 0.781. The van der Waals surface area contributed by atoms with Crippen molar-refractivity contribution in [2.24, 2.45) is 0 Å². The van der Waals surface area contributed by atoms with Crippen LogP contribution in [-0.2, 0) is 9.84 Å². The van der Waals surface area contributed by atoms with Gasteiger partial charge in [-0.3, -0.25) is 9.80 Å². The SMILES string of the molecule is CC(C)N1CCN(CCNC2CCS(=O)(=O)C2)CC1. The first kappa shape index (κ1) is 15.2. The lowest BCUT2D eigenvalue weighted by atomic mass is 10.2. The van der Waals surface area contributed by atoms with Gasteiger partial charge < -0.3 is 5.32 Å². The summed E-state index contributed by atoms with van der Waals surface area (Å²) in [4.78, 5) is 4.98. The fourth-order valence-electron chi connectivity index (χ4n) is 2.89. The molecule has 2 aliphatic heterocycles. The van der Waals surface area contributed by atoms with Crippen molar-refractivity contribution in [1.82, 2.24) is 15.1 Å². The summed E-state index contributed by atoms with van der Waals surface area (Å²) in [6, 6.07) is 0.825. The van der Waals surface area contributed by atoms with Gasteiger partial charge in [-0.25, -0.2) is 8.42 Å². The van der Waals surface area contributed by atoms with Crippen LogP contribution in [0.15, 0.2) is 0 Å². The molecule has 0 aromatic heterocycles. The van der Waals surface area contributed by atoms with E-state index in [-0.39, 0.29) is 6.04 Å². The van der Waals surface area contributed by atoms with Crippen molar-refractivity contribution in [2.75, 3.05) is 50.8 Å². The van der Waals surface area contributed by atoms with E-state index < -0.39 is 9.84 Å². The van der Waals surface area contributed by atoms with Crippen molar-refractivity contribution in [2.45, 2.75) is 32.4 Å². The zero-order valence-corrected chi connectivity index (χ0v) is 13.0. The van der Waals surface area contributed by atoms with Crippen LogP contribution in [0.2, 0.25) is 0 Å². The van der Waals surface area contributed by atoms with Gasteiger partial charge in [0.15, 0.2) is 9.84 Å². The Morgan fingerprint density at radius 3 is 2.42 bits per heavy atom. The average molecular weight is 289 g/mol. The fourth-order valence-corrected chi connectivity index (χ4v) is 4.59. The lowest BCUT2D eigenvalue weighted by Crippen LogP contribution is -2.50.